The van der Waals surface area contributed by atoms with Gasteiger partial charge in [0.05, 0.1) is 17.8 Å². The second kappa shape index (κ2) is 8.89. The number of rotatable bonds is 10. The van der Waals surface area contributed by atoms with Crippen molar-refractivity contribution in [3.05, 3.63) is 24.3 Å². The molecule has 0 rings (SSSR count). The third-order valence-corrected chi connectivity index (χ3v) is 2.84. The highest BCUT2D eigenvalue weighted by atomic mass is 16.5. The van der Waals surface area contributed by atoms with Crippen molar-refractivity contribution in [2.45, 2.75) is 45.1 Å². The van der Waals surface area contributed by atoms with Crippen LogP contribution in [0.1, 0.15) is 39.5 Å². The Labute approximate surface area is 109 Å². The monoisotopic (exact) mass is 256 g/mol. The van der Waals surface area contributed by atoms with Gasteiger partial charge in [-0.25, -0.2) is 4.79 Å². The molecule has 0 saturated heterocycles. The Hall–Kier alpha value is -1.13. The van der Waals surface area contributed by atoms with Crippen LogP contribution in [0.2, 0.25) is 0 Å². The maximum atomic E-state index is 10.7. The van der Waals surface area contributed by atoms with Crippen LogP contribution in [0.25, 0.3) is 0 Å². The molecule has 0 aliphatic rings. The summed E-state index contributed by atoms with van der Waals surface area (Å²) in [5.74, 6) is -1.08. The summed E-state index contributed by atoms with van der Waals surface area (Å²) in [5.41, 5.74) is -0.417. The number of aliphatic carboxylic acids is 1. The van der Waals surface area contributed by atoms with Crippen LogP contribution in [0.3, 0.4) is 0 Å². The average Bonchev–Trinajstić information content (AvgIpc) is 2.34. The molecule has 0 aromatic heterocycles. The molecule has 4 nitrogen and oxygen atoms in total. The molecule has 2 N–H and O–H groups in total. The molecule has 1 atom stereocenters. The summed E-state index contributed by atoms with van der Waals surface area (Å²) < 4.78 is 5.74. The Bertz CT molecular complexity index is 296. The van der Waals surface area contributed by atoms with Crippen molar-refractivity contribution in [1.29, 1.82) is 0 Å². The van der Waals surface area contributed by atoms with E-state index in [4.69, 9.17) is 14.9 Å². The molecule has 0 aliphatic heterocycles. The van der Waals surface area contributed by atoms with E-state index in [1.54, 1.807) is 6.08 Å². The SMILES string of the molecule is C=C[C@@](C)(CC/C=C(\CO)C(=O)O)OCCCC. The number of aliphatic hydroxyl groups excluding tert-OH is 1. The van der Waals surface area contributed by atoms with Gasteiger partial charge in [-0.1, -0.05) is 25.5 Å². The first kappa shape index (κ1) is 16.9. The van der Waals surface area contributed by atoms with Crippen LogP contribution in [0.4, 0.5) is 0 Å². The van der Waals surface area contributed by atoms with Crippen molar-refractivity contribution in [1.82, 2.24) is 0 Å². The molecule has 18 heavy (non-hydrogen) atoms. The van der Waals surface area contributed by atoms with Gasteiger partial charge in [0, 0.05) is 6.61 Å². The Kier molecular flexibility index (Phi) is 8.33. The maximum absolute atomic E-state index is 10.7. The van der Waals surface area contributed by atoms with Crippen LogP contribution < -0.4 is 0 Å². The van der Waals surface area contributed by atoms with E-state index in [1.165, 1.54) is 6.08 Å². The minimum absolute atomic E-state index is 0.0231. The molecule has 0 spiro atoms. The number of hydrogen-bond donors (Lipinski definition) is 2. The maximum Gasteiger partial charge on any atom is 0.333 e. The number of carboxylic acids is 1. The summed E-state index contributed by atoms with van der Waals surface area (Å²) in [7, 11) is 0. The zero-order chi connectivity index (χ0) is 14.0. The number of ether oxygens (including phenoxy) is 1. The first-order valence-electron chi connectivity index (χ1n) is 6.29. The van der Waals surface area contributed by atoms with Crippen LogP contribution in [0.5, 0.6) is 0 Å². The second-order valence-electron chi connectivity index (χ2n) is 4.45. The van der Waals surface area contributed by atoms with E-state index in [0.717, 1.165) is 12.8 Å². The highest BCUT2D eigenvalue weighted by Gasteiger charge is 2.19. The molecule has 0 amide bonds. The van der Waals surface area contributed by atoms with Crippen molar-refractivity contribution in [2.24, 2.45) is 0 Å². The van der Waals surface area contributed by atoms with Gasteiger partial charge in [0.2, 0.25) is 0 Å². The number of allylic oxidation sites excluding steroid dienone is 1. The Morgan fingerprint density at radius 3 is 2.61 bits per heavy atom. The van der Waals surface area contributed by atoms with Crippen molar-refractivity contribution in [2.75, 3.05) is 13.2 Å². The van der Waals surface area contributed by atoms with Gasteiger partial charge >= 0.3 is 5.97 Å². The van der Waals surface area contributed by atoms with E-state index >= 15 is 0 Å². The molecular weight excluding hydrogens is 232 g/mol. The fourth-order valence-corrected chi connectivity index (χ4v) is 1.44. The lowest BCUT2D eigenvalue weighted by Gasteiger charge is -2.26. The summed E-state index contributed by atoms with van der Waals surface area (Å²) in [6.45, 7) is 8.01. The van der Waals surface area contributed by atoms with Crippen LogP contribution in [0.15, 0.2) is 24.3 Å². The fraction of sp³-hybridized carbons (Fsp3) is 0.643. The summed E-state index contributed by atoms with van der Waals surface area (Å²) in [6, 6.07) is 0. The van der Waals surface area contributed by atoms with Gasteiger partial charge in [-0.15, -0.1) is 6.58 Å². The summed E-state index contributed by atoms with van der Waals surface area (Å²) in [6.07, 6.45) is 6.54. The van der Waals surface area contributed by atoms with E-state index in [1.807, 2.05) is 6.92 Å². The van der Waals surface area contributed by atoms with Crippen molar-refractivity contribution in [3.63, 3.8) is 0 Å². The van der Waals surface area contributed by atoms with Gasteiger partial charge in [-0.3, -0.25) is 0 Å². The first-order chi connectivity index (χ1) is 8.49. The number of carboxylic acid groups (broad SMARTS) is 1. The highest BCUT2D eigenvalue weighted by molar-refractivity contribution is 5.86. The van der Waals surface area contributed by atoms with Crippen molar-refractivity contribution in [3.8, 4) is 0 Å². The quantitative estimate of drug-likeness (QED) is 0.358. The van der Waals surface area contributed by atoms with E-state index < -0.39 is 18.2 Å². The van der Waals surface area contributed by atoms with Crippen LogP contribution >= 0.6 is 0 Å². The fourth-order valence-electron chi connectivity index (χ4n) is 1.44. The highest BCUT2D eigenvalue weighted by Crippen LogP contribution is 2.20. The summed E-state index contributed by atoms with van der Waals surface area (Å²) >= 11 is 0. The predicted octanol–water partition coefficient (Wildman–Crippen LogP) is 2.53. The number of hydrogen-bond acceptors (Lipinski definition) is 3. The second-order valence-corrected chi connectivity index (χ2v) is 4.45. The Balaban J connectivity index is 4.28. The first-order valence-corrected chi connectivity index (χ1v) is 6.29. The minimum atomic E-state index is -1.08. The third-order valence-electron chi connectivity index (χ3n) is 2.84. The smallest absolute Gasteiger partial charge is 0.333 e. The topological polar surface area (TPSA) is 66.8 Å². The molecule has 0 radical (unpaired) electrons. The molecule has 0 aliphatic carbocycles. The molecule has 4 heteroatoms. The Morgan fingerprint density at radius 2 is 2.17 bits per heavy atom. The zero-order valence-electron chi connectivity index (χ0n) is 11.3. The molecular formula is C14H24O4. The van der Waals surface area contributed by atoms with E-state index in [0.29, 0.717) is 19.4 Å². The van der Waals surface area contributed by atoms with Gasteiger partial charge in [0.25, 0.3) is 0 Å². The van der Waals surface area contributed by atoms with Crippen LogP contribution in [-0.4, -0.2) is 35.0 Å². The van der Waals surface area contributed by atoms with Crippen LogP contribution in [0, 0.1) is 0 Å². The average molecular weight is 256 g/mol. The molecule has 0 aromatic carbocycles. The summed E-state index contributed by atoms with van der Waals surface area (Å²) in [4.78, 5) is 10.7. The standard InChI is InChI=1S/C14H24O4/c1-4-6-10-18-14(3,5-2)9-7-8-12(11-15)13(16)17/h5,8,15H,2,4,6-7,9-11H2,1,3H3,(H,16,17)/b12-8+/t14-/m0/s1. The lowest BCUT2D eigenvalue weighted by atomic mass is 9.99. The molecule has 0 unspecified atom stereocenters. The van der Waals surface area contributed by atoms with Crippen LogP contribution in [-0.2, 0) is 9.53 Å². The van der Waals surface area contributed by atoms with Gasteiger partial charge in [0.1, 0.15) is 0 Å². The van der Waals surface area contributed by atoms with Gasteiger partial charge in [-0.05, 0) is 26.2 Å². The summed E-state index contributed by atoms with van der Waals surface area (Å²) in [5, 5.41) is 17.6. The predicted molar refractivity (Wildman–Crippen MR) is 71.5 cm³/mol. The molecule has 0 saturated carbocycles. The van der Waals surface area contributed by atoms with Gasteiger partial charge in [-0.2, -0.15) is 0 Å². The van der Waals surface area contributed by atoms with E-state index in [9.17, 15) is 4.79 Å². The van der Waals surface area contributed by atoms with Gasteiger partial charge in [0.15, 0.2) is 0 Å². The molecule has 0 aromatic rings. The normalized spacial score (nSPS) is 15.2. The van der Waals surface area contributed by atoms with E-state index in [-0.39, 0.29) is 5.57 Å². The van der Waals surface area contributed by atoms with Gasteiger partial charge < -0.3 is 14.9 Å². The lowest BCUT2D eigenvalue weighted by Crippen LogP contribution is -2.26. The largest absolute Gasteiger partial charge is 0.478 e. The molecule has 0 fully saturated rings. The van der Waals surface area contributed by atoms with Crippen molar-refractivity contribution < 1.29 is 19.7 Å². The Morgan fingerprint density at radius 1 is 1.50 bits per heavy atom. The molecule has 104 valence electrons. The lowest BCUT2D eigenvalue weighted by molar-refractivity contribution is -0.133. The number of aliphatic hydroxyl groups is 1. The third kappa shape index (κ3) is 6.57. The molecule has 0 bridgehead atoms. The number of carbonyl (C=O) groups is 1. The number of unbranched alkanes of at least 4 members (excludes halogenated alkanes) is 1. The van der Waals surface area contributed by atoms with Crippen molar-refractivity contribution >= 4 is 5.97 Å². The zero-order valence-corrected chi connectivity index (χ0v) is 11.3. The van der Waals surface area contributed by atoms with E-state index in [2.05, 4.69) is 13.5 Å². The minimum Gasteiger partial charge on any atom is -0.478 e. The molecule has 0 heterocycles.